The first-order valence-corrected chi connectivity index (χ1v) is 12.2. The molecule has 2 saturated carbocycles. The van der Waals surface area contributed by atoms with Gasteiger partial charge >= 0.3 is 0 Å². The van der Waals surface area contributed by atoms with Crippen molar-refractivity contribution < 1.29 is 27.8 Å². The molecule has 3 heterocycles. The summed E-state index contributed by atoms with van der Waals surface area (Å²) in [5.41, 5.74) is 6.67. The number of nitrogens with two attached hydrogens (primary N) is 1. The van der Waals surface area contributed by atoms with Crippen molar-refractivity contribution in [3.63, 3.8) is 0 Å². The minimum atomic E-state index is -2.97. The fourth-order valence-electron chi connectivity index (χ4n) is 4.99. The summed E-state index contributed by atoms with van der Waals surface area (Å²) in [6, 6.07) is 6.40. The number of aromatic nitrogens is 3. The van der Waals surface area contributed by atoms with Crippen LogP contribution in [0.1, 0.15) is 53.3 Å². The van der Waals surface area contributed by atoms with Crippen LogP contribution in [0.15, 0.2) is 41.3 Å². The molecule has 2 aliphatic carbocycles. The molecular formula is C24H24BrF2N5O4. The van der Waals surface area contributed by atoms with Crippen LogP contribution in [0.25, 0.3) is 5.52 Å². The molecule has 12 heteroatoms. The second-order valence-electron chi connectivity index (χ2n) is 9.65. The van der Waals surface area contributed by atoms with Crippen LogP contribution in [0.3, 0.4) is 0 Å². The van der Waals surface area contributed by atoms with Gasteiger partial charge in [0.05, 0.1) is 17.3 Å². The Morgan fingerprint density at radius 2 is 2.00 bits per heavy atom. The Labute approximate surface area is 213 Å². The zero-order valence-corrected chi connectivity index (χ0v) is 20.9. The third-order valence-corrected chi connectivity index (χ3v) is 7.37. The van der Waals surface area contributed by atoms with Crippen LogP contribution in [-0.2, 0) is 0 Å². The van der Waals surface area contributed by atoms with Gasteiger partial charge in [-0.15, -0.1) is 0 Å². The van der Waals surface area contributed by atoms with E-state index in [0.29, 0.717) is 15.7 Å². The number of carbonyl (C=O) groups is 2. The van der Waals surface area contributed by atoms with Crippen molar-refractivity contribution >= 4 is 33.3 Å². The van der Waals surface area contributed by atoms with E-state index in [-0.39, 0.29) is 40.7 Å². The summed E-state index contributed by atoms with van der Waals surface area (Å²) in [7, 11) is 0. The zero-order chi connectivity index (χ0) is 25.7. The average Bonchev–Trinajstić information content (AvgIpc) is 3.20. The van der Waals surface area contributed by atoms with E-state index < -0.39 is 18.4 Å². The van der Waals surface area contributed by atoms with Gasteiger partial charge in [0.2, 0.25) is 5.88 Å². The molecule has 0 saturated heterocycles. The standard InChI is InChI=1S/C24H24BrF2N5O4/c1-23(26,27)12-35-18-5-4-17-16(11-30-32(17)19(18)25)21(34)31-13-7-24(8-13)9-14(10-24)36-22-15(20(28)33)3-2-6-29-22/h2-6,11,13-14H,7-10,12H2,1H3,(H2,28,33)(H,31,34). The molecule has 0 radical (unpaired) electrons. The SMILES string of the molecule is CC(F)(F)COc1ccc2c(C(=O)NC3CC4(C3)CC(Oc3ncccc3C(N)=O)C4)cnn2c1Br. The molecule has 0 atom stereocenters. The predicted octanol–water partition coefficient (Wildman–Crippen LogP) is 3.74. The highest BCUT2D eigenvalue weighted by Gasteiger charge is 2.54. The Bertz CT molecular complexity index is 1330. The van der Waals surface area contributed by atoms with Gasteiger partial charge in [-0.05, 0) is 71.3 Å². The number of rotatable bonds is 8. The fraction of sp³-hybridized carbons (Fsp3) is 0.417. The first-order valence-electron chi connectivity index (χ1n) is 11.4. The van der Waals surface area contributed by atoms with Crippen LogP contribution >= 0.6 is 15.9 Å². The molecule has 190 valence electrons. The number of fused-ring (bicyclic) bond motifs is 1. The zero-order valence-electron chi connectivity index (χ0n) is 19.3. The minimum Gasteiger partial charge on any atom is -0.484 e. The number of nitrogens with zero attached hydrogens (tertiary/aromatic N) is 3. The van der Waals surface area contributed by atoms with Crippen molar-refractivity contribution in [3.05, 3.63) is 52.4 Å². The number of nitrogens with one attached hydrogen (secondary N) is 1. The van der Waals surface area contributed by atoms with Crippen molar-refractivity contribution in [3.8, 4) is 11.6 Å². The van der Waals surface area contributed by atoms with Crippen LogP contribution < -0.4 is 20.5 Å². The lowest BCUT2D eigenvalue weighted by Gasteiger charge is -2.57. The third kappa shape index (κ3) is 4.73. The summed E-state index contributed by atoms with van der Waals surface area (Å²) in [6.07, 6.45) is 6.25. The fourth-order valence-corrected chi connectivity index (χ4v) is 5.52. The lowest BCUT2D eigenvalue weighted by Crippen LogP contribution is -2.58. The van der Waals surface area contributed by atoms with Crippen molar-refractivity contribution in [2.75, 3.05) is 6.61 Å². The van der Waals surface area contributed by atoms with Gasteiger partial charge in [-0.25, -0.2) is 18.3 Å². The largest absolute Gasteiger partial charge is 0.484 e. The maximum absolute atomic E-state index is 13.1. The molecule has 3 N–H and O–H groups in total. The maximum Gasteiger partial charge on any atom is 0.278 e. The van der Waals surface area contributed by atoms with Crippen LogP contribution in [0.5, 0.6) is 11.6 Å². The van der Waals surface area contributed by atoms with Crippen LogP contribution in [-0.4, -0.2) is 51.1 Å². The highest BCUT2D eigenvalue weighted by Crippen LogP contribution is 2.56. The second-order valence-corrected chi connectivity index (χ2v) is 10.4. The molecule has 0 unspecified atom stereocenters. The number of primary amides is 1. The number of hydrogen-bond donors (Lipinski definition) is 2. The highest BCUT2D eigenvalue weighted by molar-refractivity contribution is 9.10. The Kier molecular flexibility index (Phi) is 6.09. The van der Waals surface area contributed by atoms with Gasteiger partial charge in [-0.2, -0.15) is 5.10 Å². The van der Waals surface area contributed by atoms with Gasteiger partial charge in [0.25, 0.3) is 17.7 Å². The predicted molar refractivity (Wildman–Crippen MR) is 128 cm³/mol. The number of halogens is 3. The van der Waals surface area contributed by atoms with Crippen molar-refractivity contribution in [1.82, 2.24) is 19.9 Å². The van der Waals surface area contributed by atoms with Gasteiger partial charge in [0, 0.05) is 19.2 Å². The summed E-state index contributed by atoms with van der Waals surface area (Å²) >= 11 is 3.32. The first-order chi connectivity index (χ1) is 17.0. The number of alkyl halides is 2. The van der Waals surface area contributed by atoms with Gasteiger partial charge < -0.3 is 20.5 Å². The Balaban J connectivity index is 1.15. The molecular weight excluding hydrogens is 540 g/mol. The topological polar surface area (TPSA) is 121 Å². The molecule has 3 aromatic rings. The Morgan fingerprint density at radius 3 is 2.69 bits per heavy atom. The summed E-state index contributed by atoms with van der Waals surface area (Å²) in [4.78, 5) is 28.6. The van der Waals surface area contributed by atoms with E-state index >= 15 is 0 Å². The van der Waals surface area contributed by atoms with Gasteiger partial charge in [0.1, 0.15) is 16.3 Å². The molecule has 36 heavy (non-hydrogen) atoms. The normalized spacial score (nSPS) is 23.1. The number of hydrogen-bond acceptors (Lipinski definition) is 6. The van der Waals surface area contributed by atoms with Gasteiger partial charge in [-0.3, -0.25) is 9.59 Å². The molecule has 0 bridgehead atoms. The molecule has 1 spiro atoms. The summed E-state index contributed by atoms with van der Waals surface area (Å²) in [5.74, 6) is -3.34. The minimum absolute atomic E-state index is 0.0299. The number of pyridine rings is 2. The second kappa shape index (κ2) is 8.99. The Hall–Kier alpha value is -3.28. The monoisotopic (exact) mass is 563 g/mol. The summed E-state index contributed by atoms with van der Waals surface area (Å²) in [5, 5.41) is 7.26. The van der Waals surface area contributed by atoms with E-state index in [1.165, 1.54) is 16.8 Å². The van der Waals surface area contributed by atoms with Gasteiger partial charge in [-0.1, -0.05) is 0 Å². The van der Waals surface area contributed by atoms with Crippen LogP contribution in [0.2, 0.25) is 0 Å². The molecule has 0 aromatic carbocycles. The molecule has 2 aliphatic rings. The van der Waals surface area contributed by atoms with Crippen LogP contribution in [0, 0.1) is 5.41 Å². The summed E-state index contributed by atoms with van der Waals surface area (Å²) in [6.45, 7) is 0.00657. The average molecular weight is 564 g/mol. The van der Waals surface area contributed by atoms with Crippen molar-refractivity contribution in [2.45, 2.75) is 50.7 Å². The van der Waals surface area contributed by atoms with Crippen LogP contribution in [0.4, 0.5) is 8.78 Å². The molecule has 3 aromatic heterocycles. The molecule has 0 aliphatic heterocycles. The third-order valence-electron chi connectivity index (χ3n) is 6.64. The molecule has 9 nitrogen and oxygen atoms in total. The van der Waals surface area contributed by atoms with Crippen molar-refractivity contribution in [1.29, 1.82) is 0 Å². The summed E-state index contributed by atoms with van der Waals surface area (Å²) < 4.78 is 39.1. The number of ether oxygens (including phenoxy) is 2. The highest BCUT2D eigenvalue weighted by atomic mass is 79.9. The van der Waals surface area contributed by atoms with E-state index in [0.717, 1.165) is 32.6 Å². The van der Waals surface area contributed by atoms with E-state index in [1.807, 2.05) is 0 Å². The quantitative estimate of drug-likeness (QED) is 0.403. The van der Waals surface area contributed by atoms with Crippen molar-refractivity contribution in [2.24, 2.45) is 11.1 Å². The smallest absolute Gasteiger partial charge is 0.278 e. The van der Waals surface area contributed by atoms with E-state index in [4.69, 9.17) is 15.2 Å². The van der Waals surface area contributed by atoms with Gasteiger partial charge in [0.15, 0.2) is 12.4 Å². The van der Waals surface area contributed by atoms with E-state index in [9.17, 15) is 18.4 Å². The molecule has 2 amide bonds. The lowest BCUT2D eigenvalue weighted by molar-refractivity contribution is -0.0848. The number of carbonyl (C=O) groups excluding carboxylic acids is 2. The number of amides is 2. The Morgan fingerprint density at radius 1 is 1.25 bits per heavy atom. The first kappa shape index (κ1) is 24.4. The van der Waals surface area contributed by atoms with E-state index in [1.54, 1.807) is 24.4 Å². The lowest BCUT2D eigenvalue weighted by atomic mass is 9.53. The molecule has 2 fully saturated rings. The van der Waals surface area contributed by atoms with E-state index in [2.05, 4.69) is 31.3 Å². The maximum atomic E-state index is 13.1. The molecule has 5 rings (SSSR count).